The zero-order chi connectivity index (χ0) is 16.0. The SMILES string of the molecule is Cc1ccc(-c2cc3c(-c4ccc(F)cc4)c(C)ccc3[cH-]2)o1.[Cl-].[Cl-].[Zr+3]. The van der Waals surface area contributed by atoms with Crippen molar-refractivity contribution in [2.75, 3.05) is 0 Å². The number of fused-ring (bicyclic) bond motifs is 1. The average molecular weight is 465 g/mol. The van der Waals surface area contributed by atoms with Gasteiger partial charge in [-0.2, -0.15) is 0 Å². The van der Waals surface area contributed by atoms with Gasteiger partial charge in [0.2, 0.25) is 0 Å². The van der Waals surface area contributed by atoms with E-state index in [0.29, 0.717) is 0 Å². The van der Waals surface area contributed by atoms with Crippen molar-refractivity contribution in [2.45, 2.75) is 13.8 Å². The maximum Gasteiger partial charge on any atom is 3.00 e. The number of benzene rings is 2. The Balaban J connectivity index is 0.00000113. The van der Waals surface area contributed by atoms with E-state index in [4.69, 9.17) is 4.42 Å². The molecule has 0 bridgehead atoms. The van der Waals surface area contributed by atoms with E-state index in [9.17, 15) is 4.39 Å². The maximum atomic E-state index is 13.2. The molecule has 0 aliphatic rings. The van der Waals surface area contributed by atoms with E-state index in [1.165, 1.54) is 28.5 Å². The third-order valence-corrected chi connectivity index (χ3v) is 4.26. The largest absolute Gasteiger partial charge is 3.00 e. The Labute approximate surface area is 183 Å². The van der Waals surface area contributed by atoms with Crippen molar-refractivity contribution in [1.29, 1.82) is 0 Å². The molecule has 0 amide bonds. The van der Waals surface area contributed by atoms with Crippen LogP contribution in [0.25, 0.3) is 33.2 Å². The van der Waals surface area contributed by atoms with Gasteiger partial charge in [0, 0.05) is 0 Å². The van der Waals surface area contributed by atoms with Crippen LogP contribution in [0.15, 0.2) is 65.1 Å². The first-order valence-electron chi connectivity index (χ1n) is 7.64. The van der Waals surface area contributed by atoms with Crippen LogP contribution in [0.2, 0.25) is 0 Å². The first-order chi connectivity index (χ1) is 11.1. The third kappa shape index (κ3) is 4.17. The molecule has 26 heavy (non-hydrogen) atoms. The van der Waals surface area contributed by atoms with Gasteiger partial charge in [-0.15, -0.1) is 29.0 Å². The van der Waals surface area contributed by atoms with Crippen molar-refractivity contribution in [3.8, 4) is 22.5 Å². The monoisotopic (exact) mass is 463 g/mol. The molecule has 0 aliphatic carbocycles. The van der Waals surface area contributed by atoms with Crippen LogP contribution in [-0.4, -0.2) is 0 Å². The van der Waals surface area contributed by atoms with Crippen LogP contribution in [0.5, 0.6) is 0 Å². The summed E-state index contributed by atoms with van der Waals surface area (Å²) in [6.45, 7) is 4.03. The molecule has 0 spiro atoms. The van der Waals surface area contributed by atoms with Crippen molar-refractivity contribution >= 4 is 10.8 Å². The second-order valence-electron chi connectivity index (χ2n) is 5.92. The van der Waals surface area contributed by atoms with Crippen LogP contribution in [0, 0.1) is 19.7 Å². The third-order valence-electron chi connectivity index (χ3n) is 4.26. The maximum absolute atomic E-state index is 13.2. The Hall–Kier alpha value is -1.28. The molecular formula is C21H16Cl2FOZr. The molecule has 0 fully saturated rings. The fourth-order valence-electron chi connectivity index (χ4n) is 3.12. The Morgan fingerprint density at radius 3 is 2.19 bits per heavy atom. The summed E-state index contributed by atoms with van der Waals surface area (Å²) < 4.78 is 19.0. The molecule has 3 aromatic carbocycles. The van der Waals surface area contributed by atoms with Crippen molar-refractivity contribution in [1.82, 2.24) is 0 Å². The van der Waals surface area contributed by atoms with E-state index in [0.717, 1.165) is 28.2 Å². The van der Waals surface area contributed by atoms with Gasteiger partial charge in [0.15, 0.2) is 0 Å². The normalized spacial score (nSPS) is 9.96. The van der Waals surface area contributed by atoms with Crippen LogP contribution >= 0.6 is 0 Å². The van der Waals surface area contributed by atoms with Crippen molar-refractivity contribution in [2.24, 2.45) is 0 Å². The van der Waals surface area contributed by atoms with Gasteiger partial charge >= 0.3 is 26.2 Å². The summed E-state index contributed by atoms with van der Waals surface area (Å²) in [4.78, 5) is 0. The number of rotatable bonds is 2. The van der Waals surface area contributed by atoms with Gasteiger partial charge in [0.1, 0.15) is 5.82 Å². The molecule has 0 unspecified atom stereocenters. The Morgan fingerprint density at radius 1 is 0.885 bits per heavy atom. The van der Waals surface area contributed by atoms with E-state index in [2.05, 4.69) is 31.2 Å². The second kappa shape index (κ2) is 9.08. The Kier molecular flexibility index (Phi) is 7.95. The number of halogens is 3. The van der Waals surface area contributed by atoms with Crippen LogP contribution < -0.4 is 24.8 Å². The van der Waals surface area contributed by atoms with Gasteiger partial charge in [0.25, 0.3) is 0 Å². The zero-order valence-corrected chi connectivity index (χ0v) is 18.3. The number of furan rings is 1. The summed E-state index contributed by atoms with van der Waals surface area (Å²) in [6.07, 6.45) is 0. The quantitative estimate of drug-likeness (QED) is 0.387. The summed E-state index contributed by atoms with van der Waals surface area (Å²) >= 11 is 0. The zero-order valence-electron chi connectivity index (χ0n) is 14.3. The molecule has 1 heterocycles. The van der Waals surface area contributed by atoms with E-state index < -0.39 is 0 Å². The predicted octanol–water partition coefficient (Wildman–Crippen LogP) is 0.247. The minimum atomic E-state index is -0.215. The van der Waals surface area contributed by atoms with Gasteiger partial charge in [-0.3, -0.25) is 0 Å². The van der Waals surface area contributed by atoms with E-state index in [1.54, 1.807) is 0 Å². The molecule has 0 N–H and O–H groups in total. The number of hydrogen-bond acceptors (Lipinski definition) is 1. The van der Waals surface area contributed by atoms with Crippen molar-refractivity contribution < 1.29 is 59.8 Å². The summed E-state index contributed by atoms with van der Waals surface area (Å²) in [5, 5.41) is 2.33. The second-order valence-corrected chi connectivity index (χ2v) is 5.92. The fourth-order valence-corrected chi connectivity index (χ4v) is 3.12. The van der Waals surface area contributed by atoms with Crippen molar-refractivity contribution in [3.63, 3.8) is 0 Å². The molecule has 0 saturated carbocycles. The topological polar surface area (TPSA) is 13.1 Å². The molecule has 1 radical (unpaired) electrons. The molecule has 0 aliphatic heterocycles. The molecule has 1 aromatic heterocycles. The minimum Gasteiger partial charge on any atom is -1.00 e. The van der Waals surface area contributed by atoms with E-state index >= 15 is 0 Å². The Bertz CT molecular complexity index is 1000. The molecule has 5 heteroatoms. The van der Waals surface area contributed by atoms with Gasteiger partial charge in [0.05, 0.1) is 11.5 Å². The van der Waals surface area contributed by atoms with Gasteiger partial charge in [-0.1, -0.05) is 29.3 Å². The summed E-state index contributed by atoms with van der Waals surface area (Å²) in [5.74, 6) is 1.56. The molecule has 131 valence electrons. The van der Waals surface area contributed by atoms with Crippen molar-refractivity contribution in [3.05, 3.63) is 77.8 Å². The van der Waals surface area contributed by atoms with Gasteiger partial charge in [-0.25, -0.2) is 4.39 Å². The summed E-state index contributed by atoms with van der Waals surface area (Å²) in [6, 6.07) is 19.2. The summed E-state index contributed by atoms with van der Waals surface area (Å²) in [7, 11) is 0. The fraction of sp³-hybridized carbons (Fsp3) is 0.0952. The van der Waals surface area contributed by atoms with Gasteiger partial charge < -0.3 is 29.2 Å². The number of hydrogen-bond donors (Lipinski definition) is 0. The average Bonchev–Trinajstić information content (AvgIpc) is 3.14. The first-order valence-corrected chi connectivity index (χ1v) is 7.64. The van der Waals surface area contributed by atoms with Crippen LogP contribution in [0.1, 0.15) is 11.3 Å². The molecule has 1 nitrogen and oxygen atoms in total. The van der Waals surface area contributed by atoms with Crippen LogP contribution in [0.4, 0.5) is 4.39 Å². The van der Waals surface area contributed by atoms with Crippen LogP contribution in [-0.2, 0) is 26.2 Å². The Morgan fingerprint density at radius 2 is 1.58 bits per heavy atom. The standard InChI is InChI=1S/C21H16FO.2ClH.Zr/c1-13-3-5-16-11-17(20-10-4-14(2)23-20)12-19(16)21(13)15-6-8-18(22)9-7-15;;;/h3-12H,1-2H3;2*1H;/q-1;;;+3/p-2. The smallest absolute Gasteiger partial charge is 1.00 e. The van der Waals surface area contributed by atoms with E-state index in [1.807, 2.05) is 31.2 Å². The number of aryl methyl sites for hydroxylation is 2. The molecule has 0 saturated heterocycles. The minimum absolute atomic E-state index is 0. The molecule has 4 aromatic rings. The van der Waals surface area contributed by atoms with E-state index in [-0.39, 0.29) is 56.8 Å². The predicted molar refractivity (Wildman–Crippen MR) is 92.1 cm³/mol. The molecule has 0 atom stereocenters. The van der Waals surface area contributed by atoms with Gasteiger partial charge in [-0.05, 0) is 49.2 Å². The van der Waals surface area contributed by atoms with Crippen LogP contribution in [0.3, 0.4) is 0 Å². The first kappa shape index (κ1) is 22.8. The molecule has 4 rings (SSSR count). The summed E-state index contributed by atoms with van der Waals surface area (Å²) in [5.41, 5.74) is 4.43. The molecular weight excluding hydrogens is 449 g/mol.